The zero-order valence-electron chi connectivity index (χ0n) is 13.2. The summed E-state index contributed by atoms with van der Waals surface area (Å²) in [6, 6.07) is 25.7. The SMILES string of the molecule is O=S(=O)(O)N(c1cccc2ccccc12)c1cccc2ccccc12. The molecule has 25 heavy (non-hydrogen) atoms. The van der Waals surface area contributed by atoms with Crippen molar-refractivity contribution < 1.29 is 13.0 Å². The van der Waals surface area contributed by atoms with Crippen LogP contribution in [0.1, 0.15) is 0 Å². The summed E-state index contributed by atoms with van der Waals surface area (Å²) in [4.78, 5) is 0. The van der Waals surface area contributed by atoms with Crippen molar-refractivity contribution in [2.75, 3.05) is 4.31 Å². The second-order valence-electron chi connectivity index (χ2n) is 5.74. The summed E-state index contributed by atoms with van der Waals surface area (Å²) in [5, 5.41) is 3.29. The van der Waals surface area contributed by atoms with Gasteiger partial charge in [-0.2, -0.15) is 8.42 Å². The van der Waals surface area contributed by atoms with Crippen LogP contribution in [0, 0.1) is 0 Å². The van der Waals surface area contributed by atoms with Crippen LogP contribution in [0.5, 0.6) is 0 Å². The van der Waals surface area contributed by atoms with Gasteiger partial charge in [0.2, 0.25) is 0 Å². The van der Waals surface area contributed by atoms with E-state index in [2.05, 4.69) is 0 Å². The molecule has 0 amide bonds. The van der Waals surface area contributed by atoms with E-state index in [1.54, 1.807) is 24.3 Å². The van der Waals surface area contributed by atoms with Crippen LogP contribution in [0.2, 0.25) is 0 Å². The lowest BCUT2D eigenvalue weighted by atomic mass is 10.1. The fourth-order valence-electron chi connectivity index (χ4n) is 3.15. The van der Waals surface area contributed by atoms with Gasteiger partial charge in [-0.3, -0.25) is 4.55 Å². The summed E-state index contributed by atoms with van der Waals surface area (Å²) < 4.78 is 35.6. The maximum absolute atomic E-state index is 12.3. The molecule has 0 aromatic heterocycles. The molecule has 0 aliphatic rings. The van der Waals surface area contributed by atoms with Gasteiger partial charge >= 0.3 is 10.3 Å². The smallest absolute Gasteiger partial charge is 0.269 e. The molecule has 4 nitrogen and oxygen atoms in total. The predicted octanol–water partition coefficient (Wildman–Crippen LogP) is 4.93. The van der Waals surface area contributed by atoms with Crippen molar-refractivity contribution >= 4 is 43.2 Å². The fraction of sp³-hybridized carbons (Fsp3) is 0. The second kappa shape index (κ2) is 5.88. The number of anilines is 2. The Morgan fingerprint density at radius 3 is 1.44 bits per heavy atom. The van der Waals surface area contributed by atoms with Gasteiger partial charge in [0.15, 0.2) is 0 Å². The molecule has 4 aromatic rings. The molecule has 0 radical (unpaired) electrons. The molecule has 0 aliphatic carbocycles. The lowest BCUT2D eigenvalue weighted by Crippen LogP contribution is -2.25. The lowest BCUT2D eigenvalue weighted by molar-refractivity contribution is 0.483. The van der Waals surface area contributed by atoms with Gasteiger partial charge in [0.1, 0.15) is 0 Å². The van der Waals surface area contributed by atoms with E-state index < -0.39 is 10.3 Å². The van der Waals surface area contributed by atoms with Gasteiger partial charge in [0.25, 0.3) is 0 Å². The molecule has 0 fully saturated rings. The normalized spacial score (nSPS) is 11.7. The fourth-order valence-corrected chi connectivity index (χ4v) is 3.96. The minimum absolute atomic E-state index is 0.414. The first-order valence-electron chi connectivity index (χ1n) is 7.79. The van der Waals surface area contributed by atoms with E-state index in [0.29, 0.717) is 11.4 Å². The first-order chi connectivity index (χ1) is 12.1. The Morgan fingerprint density at radius 2 is 1.00 bits per heavy atom. The highest BCUT2D eigenvalue weighted by Gasteiger charge is 2.25. The van der Waals surface area contributed by atoms with Crippen LogP contribution in [0.3, 0.4) is 0 Å². The summed E-state index contributed by atoms with van der Waals surface area (Å²) in [6.45, 7) is 0. The van der Waals surface area contributed by atoms with Gasteiger partial charge in [-0.25, -0.2) is 4.31 Å². The summed E-state index contributed by atoms with van der Waals surface area (Å²) in [5.41, 5.74) is 0.828. The molecule has 0 bridgehead atoms. The Labute approximate surface area is 145 Å². The van der Waals surface area contributed by atoms with Gasteiger partial charge in [-0.15, -0.1) is 0 Å². The van der Waals surface area contributed by atoms with Crippen LogP contribution in [0.15, 0.2) is 84.9 Å². The van der Waals surface area contributed by atoms with E-state index in [0.717, 1.165) is 25.9 Å². The molecule has 5 heteroatoms. The topological polar surface area (TPSA) is 57.6 Å². The minimum atomic E-state index is -4.52. The number of rotatable bonds is 3. The summed E-state index contributed by atoms with van der Waals surface area (Å²) >= 11 is 0. The zero-order chi connectivity index (χ0) is 17.4. The van der Waals surface area contributed by atoms with E-state index in [4.69, 9.17) is 0 Å². The summed E-state index contributed by atoms with van der Waals surface area (Å²) in [6.07, 6.45) is 0. The molecule has 4 rings (SSSR count). The number of hydrogen-bond donors (Lipinski definition) is 1. The number of benzene rings is 4. The quantitative estimate of drug-likeness (QED) is 0.533. The van der Waals surface area contributed by atoms with E-state index in [1.807, 2.05) is 60.7 Å². The van der Waals surface area contributed by atoms with Crippen LogP contribution < -0.4 is 4.31 Å². The maximum atomic E-state index is 12.3. The van der Waals surface area contributed by atoms with Crippen molar-refractivity contribution in [3.8, 4) is 0 Å². The van der Waals surface area contributed by atoms with Gasteiger partial charge in [0, 0.05) is 10.8 Å². The lowest BCUT2D eigenvalue weighted by Gasteiger charge is -2.24. The zero-order valence-corrected chi connectivity index (χ0v) is 14.0. The Balaban J connectivity index is 2.08. The number of fused-ring (bicyclic) bond motifs is 2. The second-order valence-corrected chi connectivity index (χ2v) is 7.00. The third-order valence-electron chi connectivity index (χ3n) is 4.20. The van der Waals surface area contributed by atoms with Crippen molar-refractivity contribution in [1.29, 1.82) is 0 Å². The number of hydrogen-bond acceptors (Lipinski definition) is 2. The van der Waals surface area contributed by atoms with Crippen LogP contribution in [-0.4, -0.2) is 13.0 Å². The van der Waals surface area contributed by atoms with Crippen molar-refractivity contribution in [2.24, 2.45) is 0 Å². The first-order valence-corrected chi connectivity index (χ1v) is 9.19. The van der Waals surface area contributed by atoms with E-state index >= 15 is 0 Å². The first kappa shape index (κ1) is 15.6. The average molecular weight is 349 g/mol. The molecule has 0 saturated heterocycles. The molecule has 0 unspecified atom stereocenters. The Morgan fingerprint density at radius 1 is 0.600 bits per heavy atom. The van der Waals surface area contributed by atoms with Gasteiger partial charge in [0.05, 0.1) is 11.4 Å². The molecule has 1 N–H and O–H groups in total. The maximum Gasteiger partial charge on any atom is 0.364 e. The van der Waals surface area contributed by atoms with Crippen molar-refractivity contribution in [1.82, 2.24) is 0 Å². The van der Waals surface area contributed by atoms with Crippen molar-refractivity contribution in [3.05, 3.63) is 84.9 Å². The van der Waals surface area contributed by atoms with Gasteiger partial charge in [-0.05, 0) is 22.9 Å². The Kier molecular flexibility index (Phi) is 3.67. The molecule has 0 atom stereocenters. The summed E-state index contributed by atoms with van der Waals surface area (Å²) in [7, 11) is -4.52. The molecule has 124 valence electrons. The third-order valence-corrected chi connectivity index (χ3v) is 5.06. The van der Waals surface area contributed by atoms with Gasteiger partial charge < -0.3 is 0 Å². The molecule has 0 aliphatic heterocycles. The molecule has 0 saturated carbocycles. The van der Waals surface area contributed by atoms with Crippen LogP contribution in [-0.2, 0) is 10.3 Å². The molecule has 4 aromatic carbocycles. The minimum Gasteiger partial charge on any atom is -0.269 e. The standard InChI is InChI=1S/C20H15NO3S/c22-25(23,24)21(19-13-5-9-15-7-1-3-11-17(15)19)20-14-6-10-16-8-2-4-12-18(16)20/h1-14H,(H,22,23,24). The van der Waals surface area contributed by atoms with Gasteiger partial charge in [-0.1, -0.05) is 72.8 Å². The Bertz CT molecular complexity index is 1100. The molecule has 0 spiro atoms. The highest BCUT2D eigenvalue weighted by molar-refractivity contribution is 7.87. The van der Waals surface area contributed by atoms with Crippen LogP contribution >= 0.6 is 0 Å². The predicted molar refractivity (Wildman–Crippen MR) is 102 cm³/mol. The Hall–Kier alpha value is -2.89. The summed E-state index contributed by atoms with van der Waals surface area (Å²) in [5.74, 6) is 0. The van der Waals surface area contributed by atoms with E-state index in [1.165, 1.54) is 0 Å². The van der Waals surface area contributed by atoms with Crippen LogP contribution in [0.25, 0.3) is 21.5 Å². The molecule has 0 heterocycles. The molecular weight excluding hydrogens is 334 g/mol. The number of nitrogens with zero attached hydrogens (tertiary/aromatic N) is 1. The highest BCUT2D eigenvalue weighted by atomic mass is 32.2. The largest absolute Gasteiger partial charge is 0.364 e. The van der Waals surface area contributed by atoms with E-state index in [9.17, 15) is 13.0 Å². The monoisotopic (exact) mass is 349 g/mol. The third kappa shape index (κ3) is 2.73. The molecular formula is C20H15NO3S. The van der Waals surface area contributed by atoms with Crippen molar-refractivity contribution in [2.45, 2.75) is 0 Å². The van der Waals surface area contributed by atoms with Crippen molar-refractivity contribution in [3.63, 3.8) is 0 Å². The average Bonchev–Trinajstić information content (AvgIpc) is 2.61. The van der Waals surface area contributed by atoms with E-state index in [-0.39, 0.29) is 0 Å². The highest BCUT2D eigenvalue weighted by Crippen LogP contribution is 2.37. The van der Waals surface area contributed by atoms with Crippen LogP contribution in [0.4, 0.5) is 11.4 Å².